The number of carboxylic acids is 1. The minimum atomic E-state index is -0.857. The van der Waals surface area contributed by atoms with Crippen molar-refractivity contribution in [1.29, 1.82) is 0 Å². The van der Waals surface area contributed by atoms with Crippen LogP contribution in [0.5, 0.6) is 0 Å². The molecule has 8 heteroatoms. The predicted molar refractivity (Wildman–Crippen MR) is 97.3 cm³/mol. The van der Waals surface area contributed by atoms with Crippen LogP contribution in [0, 0.1) is 5.92 Å². The molecule has 1 aliphatic heterocycles. The molecule has 2 aromatic rings. The van der Waals surface area contributed by atoms with Gasteiger partial charge in [0.2, 0.25) is 0 Å². The van der Waals surface area contributed by atoms with Gasteiger partial charge in [-0.2, -0.15) is 5.10 Å². The molecule has 1 aliphatic carbocycles. The highest BCUT2D eigenvalue weighted by Crippen LogP contribution is 2.32. The molecule has 4 rings (SSSR count). The first-order chi connectivity index (χ1) is 12.5. The first-order valence-corrected chi connectivity index (χ1v) is 9.29. The SMILES string of the molecule is O=C(O)C1CCN(C(=O)c2nn(-c3ccc(Cl)cc3Cl)c3c2CCC3)C1. The molecular weight excluding hydrogens is 377 g/mol. The summed E-state index contributed by atoms with van der Waals surface area (Å²) in [4.78, 5) is 25.7. The Morgan fingerprint density at radius 3 is 2.73 bits per heavy atom. The van der Waals surface area contributed by atoms with E-state index in [1.807, 2.05) is 0 Å². The Hall–Kier alpha value is -2.05. The van der Waals surface area contributed by atoms with E-state index in [4.69, 9.17) is 28.3 Å². The van der Waals surface area contributed by atoms with Crippen molar-refractivity contribution in [2.45, 2.75) is 25.7 Å². The number of carboxylic acid groups (broad SMARTS) is 1. The van der Waals surface area contributed by atoms with Crippen molar-refractivity contribution in [1.82, 2.24) is 14.7 Å². The van der Waals surface area contributed by atoms with Gasteiger partial charge in [-0.25, -0.2) is 4.68 Å². The quantitative estimate of drug-likeness (QED) is 0.868. The normalized spacial score (nSPS) is 19.0. The number of halogens is 2. The van der Waals surface area contributed by atoms with Crippen LogP contribution in [0.15, 0.2) is 18.2 Å². The van der Waals surface area contributed by atoms with Gasteiger partial charge in [0, 0.05) is 29.4 Å². The minimum Gasteiger partial charge on any atom is -0.481 e. The molecule has 0 spiro atoms. The molecule has 2 aliphatic rings. The molecule has 1 saturated heterocycles. The van der Waals surface area contributed by atoms with Gasteiger partial charge in [0.25, 0.3) is 5.91 Å². The molecule has 1 amide bonds. The van der Waals surface area contributed by atoms with Crippen LogP contribution in [-0.4, -0.2) is 44.8 Å². The van der Waals surface area contributed by atoms with Crippen LogP contribution in [0.25, 0.3) is 5.69 Å². The first-order valence-electron chi connectivity index (χ1n) is 8.54. The van der Waals surface area contributed by atoms with Gasteiger partial charge < -0.3 is 10.0 Å². The van der Waals surface area contributed by atoms with Gasteiger partial charge in [-0.1, -0.05) is 23.2 Å². The zero-order valence-electron chi connectivity index (χ0n) is 13.9. The van der Waals surface area contributed by atoms with E-state index in [2.05, 4.69) is 5.10 Å². The standard InChI is InChI=1S/C18H17Cl2N3O3/c19-11-4-5-15(13(20)8-11)23-14-3-1-2-12(14)16(21-23)17(24)22-7-6-10(9-22)18(25)26/h4-5,8,10H,1-3,6-7,9H2,(H,25,26). The minimum absolute atomic E-state index is 0.198. The second kappa shape index (κ2) is 6.59. The van der Waals surface area contributed by atoms with E-state index in [1.165, 1.54) is 0 Å². The molecule has 0 radical (unpaired) electrons. The summed E-state index contributed by atoms with van der Waals surface area (Å²) in [7, 11) is 0. The fraction of sp³-hybridized carbons (Fsp3) is 0.389. The maximum Gasteiger partial charge on any atom is 0.308 e. The van der Waals surface area contributed by atoms with Gasteiger partial charge in [0.15, 0.2) is 5.69 Å². The molecule has 1 aromatic carbocycles. The summed E-state index contributed by atoms with van der Waals surface area (Å²) in [6, 6.07) is 5.19. The third-order valence-corrected chi connectivity index (χ3v) is 5.63. The molecular formula is C18H17Cl2N3O3. The summed E-state index contributed by atoms with van der Waals surface area (Å²) in [6.45, 7) is 0.677. The molecule has 136 valence electrons. The van der Waals surface area contributed by atoms with Gasteiger partial charge in [0.05, 0.1) is 16.6 Å². The van der Waals surface area contributed by atoms with E-state index in [1.54, 1.807) is 27.8 Å². The highest BCUT2D eigenvalue weighted by molar-refractivity contribution is 6.35. The van der Waals surface area contributed by atoms with Crippen molar-refractivity contribution in [2.24, 2.45) is 5.92 Å². The van der Waals surface area contributed by atoms with Gasteiger partial charge in [0.1, 0.15) is 0 Å². The number of fused-ring (bicyclic) bond motifs is 1. The zero-order chi connectivity index (χ0) is 18.4. The van der Waals surface area contributed by atoms with E-state index in [-0.39, 0.29) is 12.5 Å². The van der Waals surface area contributed by atoms with E-state index >= 15 is 0 Å². The maximum absolute atomic E-state index is 13.0. The number of benzene rings is 1. The Balaban J connectivity index is 1.70. The molecule has 1 fully saturated rings. The average Bonchev–Trinajstić information content (AvgIpc) is 3.31. The van der Waals surface area contributed by atoms with Crippen molar-refractivity contribution in [3.8, 4) is 5.69 Å². The Kier molecular flexibility index (Phi) is 4.40. The summed E-state index contributed by atoms with van der Waals surface area (Å²) in [6.07, 6.45) is 3.05. The third-order valence-electron chi connectivity index (χ3n) is 5.10. The van der Waals surface area contributed by atoms with Gasteiger partial charge in [-0.05, 0) is 43.9 Å². The fourth-order valence-corrected chi connectivity index (χ4v) is 4.25. The van der Waals surface area contributed by atoms with E-state index < -0.39 is 11.9 Å². The number of aliphatic carboxylic acids is 1. The number of carbonyl (C=O) groups is 2. The Morgan fingerprint density at radius 1 is 1.23 bits per heavy atom. The Morgan fingerprint density at radius 2 is 2.04 bits per heavy atom. The highest BCUT2D eigenvalue weighted by Gasteiger charge is 2.35. The summed E-state index contributed by atoms with van der Waals surface area (Å²) in [5, 5.41) is 14.7. The van der Waals surface area contributed by atoms with Crippen molar-refractivity contribution in [3.63, 3.8) is 0 Å². The lowest BCUT2D eigenvalue weighted by Crippen LogP contribution is -2.31. The van der Waals surface area contributed by atoms with Crippen LogP contribution < -0.4 is 0 Å². The molecule has 6 nitrogen and oxygen atoms in total. The van der Waals surface area contributed by atoms with Crippen LogP contribution in [0.2, 0.25) is 10.0 Å². The number of rotatable bonds is 3. The molecule has 0 bridgehead atoms. The van der Waals surface area contributed by atoms with Crippen LogP contribution in [-0.2, 0) is 17.6 Å². The summed E-state index contributed by atoms with van der Waals surface area (Å²) < 4.78 is 1.74. The number of likely N-dealkylation sites (tertiary alicyclic amines) is 1. The summed E-state index contributed by atoms with van der Waals surface area (Å²) in [5.74, 6) is -1.56. The van der Waals surface area contributed by atoms with Gasteiger partial charge >= 0.3 is 5.97 Å². The average molecular weight is 394 g/mol. The topological polar surface area (TPSA) is 75.4 Å². The van der Waals surface area contributed by atoms with Crippen molar-refractivity contribution < 1.29 is 14.7 Å². The van der Waals surface area contributed by atoms with E-state index in [9.17, 15) is 9.59 Å². The Bertz CT molecular complexity index is 909. The molecule has 1 aromatic heterocycles. The number of aromatic nitrogens is 2. The van der Waals surface area contributed by atoms with Gasteiger partial charge in [-0.3, -0.25) is 9.59 Å². The molecule has 0 saturated carbocycles. The first kappa shape index (κ1) is 17.4. The van der Waals surface area contributed by atoms with Crippen LogP contribution in [0.3, 0.4) is 0 Å². The predicted octanol–water partition coefficient (Wildman–Crippen LogP) is 3.21. The largest absolute Gasteiger partial charge is 0.481 e. The van der Waals surface area contributed by atoms with Crippen LogP contribution >= 0.6 is 23.2 Å². The third kappa shape index (κ3) is 2.87. The monoisotopic (exact) mass is 393 g/mol. The zero-order valence-corrected chi connectivity index (χ0v) is 15.4. The van der Waals surface area contributed by atoms with E-state index in [0.717, 1.165) is 30.5 Å². The van der Waals surface area contributed by atoms with Crippen LogP contribution in [0.1, 0.15) is 34.6 Å². The lowest BCUT2D eigenvalue weighted by atomic mass is 10.1. The molecule has 1 N–H and O–H groups in total. The number of hydrogen-bond donors (Lipinski definition) is 1. The number of amides is 1. The lowest BCUT2D eigenvalue weighted by molar-refractivity contribution is -0.141. The molecule has 2 heterocycles. The lowest BCUT2D eigenvalue weighted by Gasteiger charge is -2.15. The second-order valence-corrected chi connectivity index (χ2v) is 7.55. The van der Waals surface area contributed by atoms with Crippen molar-refractivity contribution in [2.75, 3.05) is 13.1 Å². The summed E-state index contributed by atoms with van der Waals surface area (Å²) in [5.41, 5.74) is 3.04. The fourth-order valence-electron chi connectivity index (χ4n) is 3.76. The smallest absolute Gasteiger partial charge is 0.308 e. The molecule has 1 atom stereocenters. The highest BCUT2D eigenvalue weighted by atomic mass is 35.5. The number of carbonyl (C=O) groups excluding carboxylic acids is 1. The molecule has 26 heavy (non-hydrogen) atoms. The second-order valence-electron chi connectivity index (χ2n) is 6.71. The number of hydrogen-bond acceptors (Lipinski definition) is 3. The van der Waals surface area contributed by atoms with Gasteiger partial charge in [-0.15, -0.1) is 0 Å². The Labute approximate surface area is 160 Å². The molecule has 1 unspecified atom stereocenters. The van der Waals surface area contributed by atoms with Crippen molar-refractivity contribution >= 4 is 35.1 Å². The maximum atomic E-state index is 13.0. The summed E-state index contributed by atoms with van der Waals surface area (Å²) >= 11 is 12.3. The van der Waals surface area contributed by atoms with Crippen molar-refractivity contribution in [3.05, 3.63) is 45.2 Å². The number of nitrogens with zero attached hydrogens (tertiary/aromatic N) is 3. The van der Waals surface area contributed by atoms with Crippen LogP contribution in [0.4, 0.5) is 0 Å². The van der Waals surface area contributed by atoms with E-state index in [0.29, 0.717) is 34.4 Å².